The second-order valence-electron chi connectivity index (χ2n) is 4.30. The van der Waals surface area contributed by atoms with Crippen molar-refractivity contribution < 1.29 is 14.3 Å². The van der Waals surface area contributed by atoms with E-state index in [0.717, 1.165) is 19.6 Å². The van der Waals surface area contributed by atoms with Gasteiger partial charge in [-0.05, 0) is 13.8 Å². The van der Waals surface area contributed by atoms with Gasteiger partial charge in [0.05, 0.1) is 12.7 Å². The van der Waals surface area contributed by atoms with Crippen molar-refractivity contribution in [2.75, 3.05) is 52.5 Å². The minimum atomic E-state index is -0.211. The Kier molecular flexibility index (Phi) is 7.00. The Bertz CT molecular complexity index is 243. The van der Waals surface area contributed by atoms with Crippen LogP contribution in [-0.2, 0) is 9.47 Å². The van der Waals surface area contributed by atoms with Gasteiger partial charge in [0.2, 0.25) is 0 Å². The first kappa shape index (κ1) is 15.2. The maximum absolute atomic E-state index is 11.5. The lowest BCUT2D eigenvalue weighted by Crippen LogP contribution is -2.51. The van der Waals surface area contributed by atoms with Gasteiger partial charge in [-0.25, -0.2) is 4.79 Å². The first-order valence-corrected chi connectivity index (χ1v) is 6.67. The molecule has 6 heteroatoms. The van der Waals surface area contributed by atoms with Gasteiger partial charge in [-0.3, -0.25) is 4.90 Å². The van der Waals surface area contributed by atoms with Crippen LogP contribution < -0.4 is 5.73 Å². The van der Waals surface area contributed by atoms with E-state index < -0.39 is 0 Å². The fourth-order valence-corrected chi connectivity index (χ4v) is 2.05. The van der Waals surface area contributed by atoms with Crippen molar-refractivity contribution in [2.24, 2.45) is 5.73 Å². The summed E-state index contributed by atoms with van der Waals surface area (Å²) in [5.41, 5.74) is 5.65. The molecule has 18 heavy (non-hydrogen) atoms. The fourth-order valence-electron chi connectivity index (χ4n) is 2.05. The van der Waals surface area contributed by atoms with Gasteiger partial charge in [0, 0.05) is 45.9 Å². The number of nitrogens with two attached hydrogens (primary N) is 1. The number of nitrogens with zero attached hydrogens (tertiary/aromatic N) is 2. The van der Waals surface area contributed by atoms with Crippen LogP contribution in [0.3, 0.4) is 0 Å². The van der Waals surface area contributed by atoms with E-state index in [0.29, 0.717) is 32.8 Å². The summed E-state index contributed by atoms with van der Waals surface area (Å²) in [5.74, 6) is 0. The molecule has 106 valence electrons. The van der Waals surface area contributed by atoms with E-state index in [1.54, 1.807) is 4.90 Å². The molecule has 0 aliphatic carbocycles. The van der Waals surface area contributed by atoms with E-state index in [4.69, 9.17) is 15.2 Å². The second-order valence-corrected chi connectivity index (χ2v) is 4.30. The normalized spacial score (nSPS) is 18.7. The molecule has 1 atom stereocenters. The van der Waals surface area contributed by atoms with Gasteiger partial charge >= 0.3 is 6.09 Å². The Balaban J connectivity index is 2.28. The standard InChI is InChI=1S/C12H25N3O3/c1-3-17-11(9-13)10-14-5-7-15(8-6-14)12(16)18-4-2/h11H,3-10,13H2,1-2H3. The molecule has 0 aromatic carbocycles. The van der Waals surface area contributed by atoms with Crippen LogP contribution >= 0.6 is 0 Å². The molecule has 1 saturated heterocycles. The first-order valence-electron chi connectivity index (χ1n) is 6.67. The molecule has 0 saturated carbocycles. The molecule has 1 rings (SSSR count). The van der Waals surface area contributed by atoms with Crippen LogP contribution in [0.1, 0.15) is 13.8 Å². The summed E-state index contributed by atoms with van der Waals surface area (Å²) >= 11 is 0. The predicted molar refractivity (Wildman–Crippen MR) is 69.5 cm³/mol. The number of rotatable bonds is 6. The summed E-state index contributed by atoms with van der Waals surface area (Å²) in [6, 6.07) is 0. The van der Waals surface area contributed by atoms with Crippen molar-refractivity contribution in [2.45, 2.75) is 20.0 Å². The third kappa shape index (κ3) is 4.80. The van der Waals surface area contributed by atoms with E-state index in [2.05, 4.69) is 4.90 Å². The van der Waals surface area contributed by atoms with E-state index >= 15 is 0 Å². The highest BCUT2D eigenvalue weighted by atomic mass is 16.6. The Morgan fingerprint density at radius 1 is 1.22 bits per heavy atom. The van der Waals surface area contributed by atoms with Crippen molar-refractivity contribution in [3.63, 3.8) is 0 Å². The Labute approximate surface area is 109 Å². The summed E-state index contributed by atoms with van der Waals surface area (Å²) in [6.45, 7) is 9.40. The molecule has 1 aliphatic rings. The van der Waals surface area contributed by atoms with E-state index in [9.17, 15) is 4.79 Å². The van der Waals surface area contributed by atoms with Crippen molar-refractivity contribution in [3.05, 3.63) is 0 Å². The van der Waals surface area contributed by atoms with E-state index in [1.807, 2.05) is 13.8 Å². The molecule has 1 fully saturated rings. The van der Waals surface area contributed by atoms with Crippen LogP contribution in [-0.4, -0.2) is 74.5 Å². The Hall–Kier alpha value is -0.850. The van der Waals surface area contributed by atoms with E-state index in [-0.39, 0.29) is 12.2 Å². The number of piperazine rings is 1. The number of carbonyl (C=O) groups excluding carboxylic acids is 1. The Morgan fingerprint density at radius 3 is 2.39 bits per heavy atom. The smallest absolute Gasteiger partial charge is 0.409 e. The monoisotopic (exact) mass is 259 g/mol. The number of carbonyl (C=O) groups is 1. The zero-order chi connectivity index (χ0) is 13.4. The molecule has 0 aromatic rings. The minimum Gasteiger partial charge on any atom is -0.450 e. The third-order valence-corrected chi connectivity index (χ3v) is 3.03. The van der Waals surface area contributed by atoms with E-state index in [1.165, 1.54) is 0 Å². The lowest BCUT2D eigenvalue weighted by atomic mass is 10.2. The van der Waals surface area contributed by atoms with Crippen LogP contribution in [0.2, 0.25) is 0 Å². The molecule has 0 bridgehead atoms. The SMILES string of the molecule is CCOC(=O)N1CCN(CC(CN)OCC)CC1. The highest BCUT2D eigenvalue weighted by Crippen LogP contribution is 2.05. The summed E-state index contributed by atoms with van der Waals surface area (Å²) in [5, 5.41) is 0. The van der Waals surface area contributed by atoms with Crippen LogP contribution in [0.25, 0.3) is 0 Å². The molecule has 1 unspecified atom stereocenters. The molecule has 0 radical (unpaired) electrons. The average Bonchev–Trinajstić information content (AvgIpc) is 2.39. The van der Waals surface area contributed by atoms with Gasteiger partial charge in [-0.2, -0.15) is 0 Å². The van der Waals surface area contributed by atoms with Gasteiger partial charge in [0.15, 0.2) is 0 Å². The number of amides is 1. The topological polar surface area (TPSA) is 68.0 Å². The lowest BCUT2D eigenvalue weighted by molar-refractivity contribution is 0.0227. The highest BCUT2D eigenvalue weighted by molar-refractivity contribution is 5.67. The maximum atomic E-state index is 11.5. The summed E-state index contributed by atoms with van der Waals surface area (Å²) in [7, 11) is 0. The Morgan fingerprint density at radius 2 is 1.89 bits per heavy atom. The molecule has 6 nitrogen and oxygen atoms in total. The zero-order valence-electron chi connectivity index (χ0n) is 11.4. The number of hydrogen-bond acceptors (Lipinski definition) is 5. The highest BCUT2D eigenvalue weighted by Gasteiger charge is 2.23. The molecule has 1 amide bonds. The fraction of sp³-hybridized carbons (Fsp3) is 0.917. The summed E-state index contributed by atoms with van der Waals surface area (Å²) < 4.78 is 10.5. The molecule has 2 N–H and O–H groups in total. The van der Waals surface area contributed by atoms with Crippen molar-refractivity contribution >= 4 is 6.09 Å². The average molecular weight is 259 g/mol. The number of hydrogen-bond donors (Lipinski definition) is 1. The van der Waals surface area contributed by atoms with Crippen molar-refractivity contribution in [1.82, 2.24) is 9.80 Å². The van der Waals surface area contributed by atoms with Crippen LogP contribution in [0.15, 0.2) is 0 Å². The number of ether oxygens (including phenoxy) is 2. The van der Waals surface area contributed by atoms with Gasteiger partial charge in [-0.1, -0.05) is 0 Å². The molecular formula is C12H25N3O3. The first-order chi connectivity index (χ1) is 8.71. The van der Waals surface area contributed by atoms with Crippen molar-refractivity contribution in [3.8, 4) is 0 Å². The molecule has 1 heterocycles. The third-order valence-electron chi connectivity index (χ3n) is 3.03. The van der Waals surface area contributed by atoms with Gasteiger partial charge in [0.1, 0.15) is 0 Å². The van der Waals surface area contributed by atoms with Gasteiger partial charge in [0.25, 0.3) is 0 Å². The lowest BCUT2D eigenvalue weighted by Gasteiger charge is -2.35. The summed E-state index contributed by atoms with van der Waals surface area (Å²) in [6.07, 6.45) is -0.124. The maximum Gasteiger partial charge on any atom is 0.409 e. The largest absolute Gasteiger partial charge is 0.450 e. The van der Waals surface area contributed by atoms with Gasteiger partial charge < -0.3 is 20.1 Å². The zero-order valence-corrected chi connectivity index (χ0v) is 11.4. The molecule has 0 aromatic heterocycles. The van der Waals surface area contributed by atoms with Gasteiger partial charge in [-0.15, -0.1) is 0 Å². The summed E-state index contributed by atoms with van der Waals surface area (Å²) in [4.78, 5) is 15.6. The second kappa shape index (κ2) is 8.29. The molecular weight excluding hydrogens is 234 g/mol. The van der Waals surface area contributed by atoms with Crippen molar-refractivity contribution in [1.29, 1.82) is 0 Å². The van der Waals surface area contributed by atoms with Crippen LogP contribution in [0, 0.1) is 0 Å². The molecule has 1 aliphatic heterocycles. The molecule has 0 spiro atoms. The van der Waals surface area contributed by atoms with Crippen LogP contribution in [0.4, 0.5) is 4.79 Å². The minimum absolute atomic E-state index is 0.0872. The van der Waals surface area contributed by atoms with Crippen LogP contribution in [0.5, 0.6) is 0 Å². The quantitative estimate of drug-likeness (QED) is 0.734. The predicted octanol–water partition coefficient (Wildman–Crippen LogP) is 0.124.